The van der Waals surface area contributed by atoms with Crippen LogP contribution in [0.2, 0.25) is 0 Å². The van der Waals surface area contributed by atoms with Crippen LogP contribution in [0.1, 0.15) is 47.2 Å². The number of benzene rings is 2. The van der Waals surface area contributed by atoms with Crippen molar-refractivity contribution in [3.8, 4) is 11.5 Å². The van der Waals surface area contributed by atoms with E-state index in [1.807, 2.05) is 12.1 Å². The van der Waals surface area contributed by atoms with Crippen molar-refractivity contribution in [2.24, 2.45) is 0 Å². The van der Waals surface area contributed by atoms with Crippen LogP contribution in [0.25, 0.3) is 0 Å². The number of rotatable bonds is 9. The second-order valence-electron chi connectivity index (χ2n) is 11.6. The fourth-order valence-corrected chi connectivity index (χ4v) is 8.11. The van der Waals surface area contributed by atoms with Crippen LogP contribution >= 0.6 is 0 Å². The van der Waals surface area contributed by atoms with Gasteiger partial charge in [0.15, 0.2) is 23.7 Å². The van der Waals surface area contributed by atoms with Gasteiger partial charge in [-0.2, -0.15) is 0 Å². The van der Waals surface area contributed by atoms with Crippen LogP contribution < -0.4 is 9.47 Å². The Kier molecular flexibility index (Phi) is 12.0. The zero-order chi connectivity index (χ0) is 33.4. The number of sulfonamides is 1. The summed E-state index contributed by atoms with van der Waals surface area (Å²) in [6.45, 7) is 2.59. The summed E-state index contributed by atoms with van der Waals surface area (Å²) in [5.74, 6) is -2.46. The summed E-state index contributed by atoms with van der Waals surface area (Å²) < 4.78 is 38.6. The van der Waals surface area contributed by atoms with Crippen LogP contribution in [0.5, 0.6) is 11.5 Å². The van der Waals surface area contributed by atoms with Gasteiger partial charge in [0.2, 0.25) is 0 Å². The number of amides is 1. The fourth-order valence-electron chi connectivity index (χ4n) is 6.50. The maximum absolute atomic E-state index is 12.8. The molecular formula is C31H40N2O14S. The molecule has 0 saturated carbocycles. The molecule has 17 heteroatoms. The number of carboxylic acid groups (broad SMARTS) is 2. The quantitative estimate of drug-likeness (QED) is 0.157. The van der Waals surface area contributed by atoms with Crippen LogP contribution in [-0.4, -0.2) is 123 Å². The van der Waals surface area contributed by atoms with Gasteiger partial charge in [-0.3, -0.25) is 9.69 Å². The highest BCUT2D eigenvalue weighted by molar-refractivity contribution is 7.90. The van der Waals surface area contributed by atoms with Gasteiger partial charge in [0.1, 0.15) is 11.0 Å². The Morgan fingerprint density at radius 2 is 1.69 bits per heavy atom. The number of carbonyl (C=O) groups is 3. The van der Waals surface area contributed by atoms with Crippen LogP contribution in [0.4, 0.5) is 0 Å². The summed E-state index contributed by atoms with van der Waals surface area (Å²) in [5.41, 5.74) is 2.34. The number of aliphatic hydroxyl groups is 3. The van der Waals surface area contributed by atoms with Gasteiger partial charge in [0.25, 0.3) is 15.9 Å². The maximum Gasteiger partial charge on any atom is 0.335 e. The third kappa shape index (κ3) is 6.88. The van der Waals surface area contributed by atoms with Gasteiger partial charge < -0.3 is 46.0 Å². The van der Waals surface area contributed by atoms with E-state index in [-0.39, 0.29) is 39.5 Å². The van der Waals surface area contributed by atoms with Crippen molar-refractivity contribution in [2.75, 3.05) is 26.7 Å². The first-order valence-electron chi connectivity index (χ1n) is 14.8. The molecule has 1 aliphatic carbocycles. The monoisotopic (exact) mass is 696 g/mol. The zero-order valence-electron chi connectivity index (χ0n) is 26.0. The molecule has 0 unspecified atom stereocenters. The number of methoxy groups -OCH3 is 1. The normalized spacial score (nSPS) is 24.1. The first-order chi connectivity index (χ1) is 21.8. The van der Waals surface area contributed by atoms with Gasteiger partial charge in [-0.1, -0.05) is 30.4 Å². The number of hydrogen-bond donors (Lipinski definition) is 5. The molecule has 3 aliphatic heterocycles. The highest BCUT2D eigenvalue weighted by atomic mass is 32.2. The van der Waals surface area contributed by atoms with Crippen molar-refractivity contribution < 1.29 is 68.8 Å². The van der Waals surface area contributed by atoms with E-state index in [1.54, 1.807) is 25.3 Å². The Morgan fingerprint density at radius 1 is 1.04 bits per heavy atom. The predicted molar refractivity (Wildman–Crippen MR) is 167 cm³/mol. The van der Waals surface area contributed by atoms with E-state index in [4.69, 9.17) is 29.9 Å². The van der Waals surface area contributed by atoms with E-state index in [0.29, 0.717) is 12.8 Å². The van der Waals surface area contributed by atoms with Crippen molar-refractivity contribution in [3.63, 3.8) is 0 Å². The molecule has 48 heavy (non-hydrogen) atoms. The average Bonchev–Trinajstić information content (AvgIpc) is 3.38. The third-order valence-corrected chi connectivity index (χ3v) is 10.7. The standard InChI is InChI=1S/C27H30N2O6S.C4H6O6.2H2O/c1-34-21-9-8-18-17-28(15-12-27-11-10-19(30)16-23(27)35-25(21)24(18)27)13-4-5-14-29-26(31)20-6-2-3-7-22(20)36(29,32)33;5-1(3(7)8)2(6)4(9)10;;/h2-3,6-11,19,23,30H,4-5,12-17H2,1H3;1-2,5-6H,(H,7,8)(H,9,10);2*1H2/t19-,23-,27-;1-,2-;;/m00../s1. The molecule has 0 fully saturated rings. The fraction of sp³-hybridized carbons (Fsp3) is 0.452. The minimum absolute atomic E-state index is 0. The van der Waals surface area contributed by atoms with Crippen molar-refractivity contribution in [1.29, 1.82) is 0 Å². The van der Waals surface area contributed by atoms with E-state index in [2.05, 4.69) is 17.0 Å². The Morgan fingerprint density at radius 3 is 2.31 bits per heavy atom. The highest BCUT2D eigenvalue weighted by Crippen LogP contribution is 2.55. The van der Waals surface area contributed by atoms with Crippen LogP contribution in [0.15, 0.2) is 53.4 Å². The van der Waals surface area contributed by atoms with E-state index < -0.39 is 46.2 Å². The van der Waals surface area contributed by atoms with Gasteiger partial charge in [-0.25, -0.2) is 22.3 Å². The van der Waals surface area contributed by atoms with Gasteiger partial charge in [-0.05, 0) is 56.1 Å². The van der Waals surface area contributed by atoms with E-state index in [9.17, 15) is 27.9 Å². The number of ether oxygens (including phenoxy) is 2. The second kappa shape index (κ2) is 15.0. The minimum atomic E-state index is -3.76. The van der Waals surface area contributed by atoms with Gasteiger partial charge in [0, 0.05) is 25.1 Å². The highest BCUT2D eigenvalue weighted by Gasteiger charge is 2.52. The first-order valence-corrected chi connectivity index (χ1v) is 16.2. The number of fused-ring (bicyclic) bond motifs is 1. The van der Waals surface area contributed by atoms with Crippen LogP contribution in [-0.2, 0) is 31.6 Å². The average molecular weight is 697 g/mol. The minimum Gasteiger partial charge on any atom is -0.493 e. The molecule has 4 aliphatic rings. The lowest BCUT2D eigenvalue weighted by atomic mass is 9.69. The maximum atomic E-state index is 12.8. The SMILES string of the molecule is COc1ccc2c3c1O[C@H]1C[C@@H](O)C=C[C@@]31CCN(CCCCN1C(=O)c3ccccc3S1(=O)=O)C2.O.O.O=C(O)[C@@H](O)[C@H](O)C(=O)O. The smallest absolute Gasteiger partial charge is 0.335 e. The molecule has 1 spiro atoms. The molecular weight excluding hydrogens is 656 g/mol. The zero-order valence-corrected chi connectivity index (χ0v) is 26.8. The van der Waals surface area contributed by atoms with E-state index in [0.717, 1.165) is 48.3 Å². The second-order valence-corrected chi connectivity index (χ2v) is 13.4. The van der Waals surface area contributed by atoms with Crippen molar-refractivity contribution in [3.05, 3.63) is 65.2 Å². The first kappa shape index (κ1) is 38.3. The number of aliphatic carboxylic acids is 2. The molecule has 9 N–H and O–H groups in total. The molecule has 2 aromatic rings. The number of aliphatic hydroxyl groups excluding tert-OH is 3. The number of nitrogens with zero attached hydrogens (tertiary/aromatic N) is 2. The summed E-state index contributed by atoms with van der Waals surface area (Å²) in [7, 11) is -2.11. The lowest BCUT2D eigenvalue weighted by Crippen LogP contribution is -2.43. The lowest BCUT2D eigenvalue weighted by Gasteiger charge is -2.36. The Labute approximate surface area is 276 Å². The van der Waals surface area contributed by atoms with E-state index >= 15 is 0 Å². The molecule has 3 heterocycles. The number of hydrogen-bond acceptors (Lipinski definition) is 11. The number of carbonyl (C=O) groups excluding carboxylic acids is 1. The van der Waals surface area contributed by atoms with Crippen molar-refractivity contribution in [1.82, 2.24) is 9.21 Å². The molecule has 0 bridgehead atoms. The Bertz CT molecular complexity index is 1650. The van der Waals surface area contributed by atoms with E-state index in [1.165, 1.54) is 17.2 Å². The predicted octanol–water partition coefficient (Wildman–Crippen LogP) is -0.927. The molecule has 1 amide bonds. The summed E-state index contributed by atoms with van der Waals surface area (Å²) in [6.07, 6.45) is 1.63. The van der Waals surface area contributed by atoms with Gasteiger partial charge in [-0.15, -0.1) is 0 Å². The summed E-state index contributed by atoms with van der Waals surface area (Å²) in [5, 5.41) is 42.8. The Hall–Kier alpha value is -4.10. The molecule has 264 valence electrons. The molecule has 6 rings (SSSR count). The molecule has 0 saturated heterocycles. The number of carboxylic acids is 2. The Balaban J connectivity index is 0.000000457. The molecule has 5 atom stereocenters. The van der Waals surface area contributed by atoms with Crippen molar-refractivity contribution >= 4 is 27.9 Å². The van der Waals surface area contributed by atoms with Crippen molar-refractivity contribution in [2.45, 2.75) is 67.0 Å². The molecule has 16 nitrogen and oxygen atoms in total. The van der Waals surface area contributed by atoms with Gasteiger partial charge in [0.05, 0.1) is 24.2 Å². The number of unbranched alkanes of at least 4 members (excludes halogenated alkanes) is 1. The topological polar surface area (TPSA) is 274 Å². The molecule has 0 radical (unpaired) electrons. The van der Waals surface area contributed by atoms with Gasteiger partial charge >= 0.3 is 11.9 Å². The van der Waals surface area contributed by atoms with Crippen LogP contribution in [0, 0.1) is 0 Å². The van der Waals surface area contributed by atoms with Crippen LogP contribution in [0.3, 0.4) is 0 Å². The third-order valence-electron chi connectivity index (χ3n) is 8.84. The summed E-state index contributed by atoms with van der Waals surface area (Å²) >= 11 is 0. The summed E-state index contributed by atoms with van der Waals surface area (Å²) in [6, 6.07) is 10.5. The largest absolute Gasteiger partial charge is 0.493 e. The molecule has 0 aromatic heterocycles. The summed E-state index contributed by atoms with van der Waals surface area (Å²) in [4.78, 5) is 34.7. The lowest BCUT2D eigenvalue weighted by molar-refractivity contribution is -0.165. The molecule has 2 aromatic carbocycles.